The highest BCUT2D eigenvalue weighted by Crippen LogP contribution is 2.57. The van der Waals surface area contributed by atoms with Gasteiger partial charge < -0.3 is 4.18 Å². The summed E-state index contributed by atoms with van der Waals surface area (Å²) in [5.41, 5.74) is 0.381. The second-order valence-electron chi connectivity index (χ2n) is 3.02. The predicted molar refractivity (Wildman–Crippen MR) is 47.8 cm³/mol. The second-order valence-corrected chi connectivity index (χ2v) is 8.37. The van der Waals surface area contributed by atoms with Crippen LogP contribution in [0.3, 0.4) is 0 Å². The van der Waals surface area contributed by atoms with Gasteiger partial charge in [-0.2, -0.15) is 0 Å². The Morgan fingerprint density at radius 2 is 2.33 bits per heavy atom. The summed E-state index contributed by atoms with van der Waals surface area (Å²) in [4.78, 5) is 0. The molecule has 0 aromatic heterocycles. The largest absolute Gasteiger partial charge is 0.322 e. The van der Waals surface area contributed by atoms with E-state index in [1.54, 1.807) is 0 Å². The molecule has 0 amide bonds. The molecule has 2 unspecified atom stereocenters. The maximum Gasteiger partial charge on any atom is 0.0662 e. The fourth-order valence-electron chi connectivity index (χ4n) is 0.604. The van der Waals surface area contributed by atoms with Crippen LogP contribution in [0.1, 0.15) is 13.8 Å². The Hall–Kier alpha value is 1.03. The quantitative estimate of drug-likeness (QED) is 0.452. The number of hydrogen-bond acceptors (Lipinski definition) is 1. The number of halogens is 1. The highest BCUT2D eigenvalue weighted by atomic mass is 35.7. The third kappa shape index (κ3) is 2.63. The molecule has 1 aliphatic heterocycles. The van der Waals surface area contributed by atoms with Crippen LogP contribution >= 0.6 is 28.5 Å². The molecule has 0 aromatic carbocycles. The van der Waals surface area contributed by atoms with Crippen molar-refractivity contribution in [3.8, 4) is 0 Å². The molecule has 1 rings (SSSR count). The van der Waals surface area contributed by atoms with E-state index in [0.29, 0.717) is 5.41 Å². The Bertz CT molecular complexity index is 99.1. The Balaban J connectivity index is 2.35. The zero-order valence-corrected chi connectivity index (χ0v) is 8.30. The van der Waals surface area contributed by atoms with E-state index in [1.807, 2.05) is 0 Å². The van der Waals surface area contributed by atoms with E-state index in [2.05, 4.69) is 13.8 Å². The molecule has 2 atom stereocenters. The molecule has 0 radical (unpaired) electrons. The molecule has 0 bridgehead atoms. The Morgan fingerprint density at radius 1 is 1.67 bits per heavy atom. The van der Waals surface area contributed by atoms with Crippen LogP contribution in [0.4, 0.5) is 0 Å². The molecule has 1 heterocycles. The van der Waals surface area contributed by atoms with Crippen molar-refractivity contribution in [1.82, 2.24) is 0 Å². The molecule has 0 aromatic rings. The van der Waals surface area contributed by atoms with Crippen LogP contribution in [0.5, 0.6) is 0 Å². The summed E-state index contributed by atoms with van der Waals surface area (Å²) < 4.78 is 5.34. The first-order valence-electron chi connectivity index (χ1n) is 2.92. The van der Waals surface area contributed by atoms with Crippen LogP contribution in [0.25, 0.3) is 0 Å². The van der Waals surface area contributed by atoms with Gasteiger partial charge in [0.05, 0.1) is 6.61 Å². The van der Waals surface area contributed by atoms with Crippen LogP contribution in [0.2, 0.25) is 0 Å². The van der Waals surface area contributed by atoms with Crippen molar-refractivity contribution < 1.29 is 4.18 Å². The summed E-state index contributed by atoms with van der Waals surface area (Å²) in [7, 11) is 6.08. The van der Waals surface area contributed by atoms with Gasteiger partial charge in [0.15, 0.2) is 0 Å². The van der Waals surface area contributed by atoms with E-state index in [0.717, 1.165) is 14.4 Å². The molecule has 0 N–H and O–H groups in total. The van der Waals surface area contributed by atoms with Crippen molar-refractivity contribution in [2.24, 2.45) is 5.41 Å². The first kappa shape index (κ1) is 8.13. The molecule has 1 nitrogen and oxygen atoms in total. The maximum atomic E-state index is 5.80. The Kier molecular flexibility index (Phi) is 2.67. The van der Waals surface area contributed by atoms with Crippen molar-refractivity contribution >= 4 is 28.5 Å². The van der Waals surface area contributed by atoms with Crippen molar-refractivity contribution in [2.75, 3.05) is 12.8 Å². The van der Waals surface area contributed by atoms with E-state index in [9.17, 15) is 0 Å². The molecular formula is C5H12ClOPS. The Morgan fingerprint density at radius 3 is 2.67 bits per heavy atom. The van der Waals surface area contributed by atoms with Crippen molar-refractivity contribution in [3.05, 3.63) is 0 Å². The summed E-state index contributed by atoms with van der Waals surface area (Å²) >= 11 is 0. The number of hydrogen-bond donors (Lipinski definition) is 1. The van der Waals surface area contributed by atoms with Gasteiger partial charge in [-0.25, -0.2) is 0 Å². The summed E-state index contributed by atoms with van der Waals surface area (Å²) in [6, 6.07) is 0. The summed E-state index contributed by atoms with van der Waals surface area (Å²) in [5.74, 6) is 0. The Labute approximate surface area is 65.1 Å². The fourth-order valence-corrected chi connectivity index (χ4v) is 4.62. The second kappa shape index (κ2) is 2.96. The zero-order chi connectivity index (χ0) is 6.91. The van der Waals surface area contributed by atoms with Crippen LogP contribution in [-0.2, 0) is 4.18 Å². The smallest absolute Gasteiger partial charge is 0.0662 e. The molecular weight excluding hydrogens is 175 g/mol. The van der Waals surface area contributed by atoms with Gasteiger partial charge in [0, 0.05) is 0 Å². The topological polar surface area (TPSA) is 9.23 Å². The lowest BCUT2D eigenvalue weighted by Gasteiger charge is -2.32. The van der Waals surface area contributed by atoms with Crippen LogP contribution in [-0.4, -0.2) is 12.8 Å². The normalized spacial score (nSPS) is 41.0. The van der Waals surface area contributed by atoms with Crippen molar-refractivity contribution in [1.29, 1.82) is 0 Å². The molecule has 0 aliphatic carbocycles. The summed E-state index contributed by atoms with van der Waals surface area (Å²) in [6.45, 7) is 5.29. The lowest BCUT2D eigenvalue weighted by molar-refractivity contribution is 0.227. The molecule has 1 aliphatic rings. The SMILES string of the molecule is CC1(C)CO[SH](Cl)PC1. The van der Waals surface area contributed by atoms with Crippen LogP contribution in [0.15, 0.2) is 0 Å². The predicted octanol–water partition coefficient (Wildman–Crippen LogP) is 2.71. The molecule has 56 valence electrons. The molecule has 1 saturated heterocycles. The van der Waals surface area contributed by atoms with Gasteiger partial charge in [-0.05, 0) is 30.0 Å². The summed E-state index contributed by atoms with van der Waals surface area (Å²) in [6.07, 6.45) is 1.24. The van der Waals surface area contributed by atoms with E-state index in [-0.39, 0.29) is 0 Å². The lowest BCUT2D eigenvalue weighted by Crippen LogP contribution is -2.23. The summed E-state index contributed by atoms with van der Waals surface area (Å²) in [5, 5.41) is 0. The highest BCUT2D eigenvalue weighted by molar-refractivity contribution is 8.70. The van der Waals surface area contributed by atoms with Gasteiger partial charge in [-0.3, -0.25) is 0 Å². The number of rotatable bonds is 0. The first-order valence-corrected chi connectivity index (χ1v) is 7.14. The van der Waals surface area contributed by atoms with E-state index in [4.69, 9.17) is 14.9 Å². The average Bonchev–Trinajstić information content (AvgIpc) is 1.78. The van der Waals surface area contributed by atoms with E-state index < -0.39 is 10.0 Å². The van der Waals surface area contributed by atoms with E-state index in [1.165, 1.54) is 6.16 Å². The average molecular weight is 187 g/mol. The van der Waals surface area contributed by atoms with Gasteiger partial charge >= 0.3 is 0 Å². The van der Waals surface area contributed by atoms with Gasteiger partial charge in [-0.1, -0.05) is 23.9 Å². The van der Waals surface area contributed by atoms with Crippen molar-refractivity contribution in [2.45, 2.75) is 13.8 Å². The third-order valence-corrected chi connectivity index (χ3v) is 5.95. The molecule has 9 heavy (non-hydrogen) atoms. The van der Waals surface area contributed by atoms with Gasteiger partial charge in [0.2, 0.25) is 0 Å². The molecule has 0 saturated carbocycles. The highest BCUT2D eigenvalue weighted by Gasteiger charge is 2.24. The van der Waals surface area contributed by atoms with Gasteiger partial charge in [0.25, 0.3) is 0 Å². The molecule has 4 heteroatoms. The van der Waals surface area contributed by atoms with Gasteiger partial charge in [-0.15, -0.1) is 0 Å². The first-order chi connectivity index (χ1) is 4.10. The lowest BCUT2D eigenvalue weighted by atomic mass is 9.98. The minimum absolute atomic E-state index is 0.381. The van der Waals surface area contributed by atoms with Gasteiger partial charge in [0.1, 0.15) is 0 Å². The maximum absolute atomic E-state index is 5.80. The van der Waals surface area contributed by atoms with Crippen LogP contribution < -0.4 is 0 Å². The zero-order valence-electron chi connectivity index (χ0n) is 5.65. The molecule has 0 spiro atoms. The standard InChI is InChI=1S/C5H12ClOPS/c1-5(2)3-7-9(6)8-4-5/h8-9H,3-4H2,1-2H3. The van der Waals surface area contributed by atoms with Crippen molar-refractivity contribution in [3.63, 3.8) is 0 Å². The molecule has 1 fully saturated rings. The minimum atomic E-state index is -0.550. The minimum Gasteiger partial charge on any atom is -0.322 e. The number of thiol groups is 1. The van der Waals surface area contributed by atoms with E-state index >= 15 is 0 Å². The third-order valence-electron chi connectivity index (χ3n) is 1.25. The van der Waals surface area contributed by atoms with Crippen LogP contribution in [0, 0.1) is 5.41 Å². The fraction of sp³-hybridized carbons (Fsp3) is 1.00. The monoisotopic (exact) mass is 186 g/mol.